The van der Waals surface area contributed by atoms with Gasteiger partial charge in [-0.05, 0) is 49.2 Å². The van der Waals surface area contributed by atoms with E-state index in [0.29, 0.717) is 0 Å². The number of hydrogen-bond acceptors (Lipinski definition) is 6. The Morgan fingerprint density at radius 3 is 1.74 bits per heavy atom. The van der Waals surface area contributed by atoms with Crippen LogP contribution in [0.2, 0.25) is 0 Å². The molecule has 162 valence electrons. The van der Waals surface area contributed by atoms with Crippen LogP contribution < -0.4 is 4.74 Å². The van der Waals surface area contributed by atoms with Crippen molar-refractivity contribution in [2.45, 2.75) is 27.9 Å². The van der Waals surface area contributed by atoms with Crippen LogP contribution in [0.15, 0.2) is 101 Å². The molecule has 8 heteroatoms. The number of ether oxygens (including phenoxy) is 1. The van der Waals surface area contributed by atoms with Crippen LogP contribution in [0.3, 0.4) is 0 Å². The molecule has 1 atom stereocenters. The average Bonchev–Trinajstić information content (AvgIpc) is 2.78. The number of hydrogen-bond donors (Lipinski definition) is 0. The summed E-state index contributed by atoms with van der Waals surface area (Å²) in [5.74, 6) is -0.999. The molecule has 0 bridgehead atoms. The molecule has 0 saturated heterocycles. The largest absolute Gasteiger partial charge is 0.426 e. The normalized spacial score (nSPS) is 12.8. The Bertz CT molecular complexity index is 1210. The lowest BCUT2D eigenvalue weighted by atomic mass is 10.2. The van der Waals surface area contributed by atoms with Crippen LogP contribution in [0, 0.1) is 0 Å². The summed E-state index contributed by atoms with van der Waals surface area (Å²) >= 11 is 0. The van der Waals surface area contributed by atoms with Crippen LogP contribution in [0.25, 0.3) is 0 Å². The molecule has 1 unspecified atom stereocenters. The molecule has 0 radical (unpaired) electrons. The van der Waals surface area contributed by atoms with Gasteiger partial charge in [-0.1, -0.05) is 54.6 Å². The molecule has 0 N–H and O–H groups in total. The first-order valence-corrected chi connectivity index (χ1v) is 12.8. The standard InChI is InChI=1S/C23H22O6S2/c24-23(29-19-11-4-1-5-12-19)22(31(27,28)21-15-8-3-9-16-21)17-10-18-30(25,26)20-13-6-2-7-14-20/h1-9,11-16,22H,10,17-18H2. The number of carbonyl (C=O) groups is 1. The smallest absolute Gasteiger partial charge is 0.330 e. The summed E-state index contributed by atoms with van der Waals surface area (Å²) in [6.45, 7) is 0. The zero-order valence-electron chi connectivity index (χ0n) is 16.6. The van der Waals surface area contributed by atoms with Gasteiger partial charge in [0.1, 0.15) is 5.75 Å². The van der Waals surface area contributed by atoms with Gasteiger partial charge in [0.15, 0.2) is 24.9 Å². The van der Waals surface area contributed by atoms with Crippen molar-refractivity contribution in [3.63, 3.8) is 0 Å². The molecule has 0 aromatic heterocycles. The van der Waals surface area contributed by atoms with Gasteiger partial charge in [-0.25, -0.2) is 16.8 Å². The Labute approximate surface area is 182 Å². The first-order valence-electron chi connectivity index (χ1n) is 9.64. The van der Waals surface area contributed by atoms with E-state index in [4.69, 9.17) is 4.74 Å². The van der Waals surface area contributed by atoms with Crippen molar-refractivity contribution in [3.8, 4) is 5.75 Å². The van der Waals surface area contributed by atoms with Crippen molar-refractivity contribution in [2.75, 3.05) is 5.75 Å². The van der Waals surface area contributed by atoms with E-state index in [-0.39, 0.29) is 34.1 Å². The van der Waals surface area contributed by atoms with Crippen LogP contribution in [-0.4, -0.2) is 33.8 Å². The van der Waals surface area contributed by atoms with E-state index in [0.717, 1.165) is 0 Å². The summed E-state index contributed by atoms with van der Waals surface area (Å²) in [6, 6.07) is 23.7. The maximum Gasteiger partial charge on any atom is 0.330 e. The summed E-state index contributed by atoms with van der Waals surface area (Å²) in [4.78, 5) is 12.9. The average molecular weight is 459 g/mol. The summed E-state index contributed by atoms with van der Waals surface area (Å²) in [6.07, 6.45) is -0.202. The fourth-order valence-corrected chi connectivity index (χ4v) is 6.05. The lowest BCUT2D eigenvalue weighted by molar-refractivity contribution is -0.134. The molecule has 0 saturated carbocycles. The molecule has 3 aromatic rings. The summed E-state index contributed by atoms with van der Waals surface area (Å²) in [5.41, 5.74) is 0. The van der Waals surface area contributed by atoms with Crippen molar-refractivity contribution in [1.82, 2.24) is 0 Å². The molecule has 6 nitrogen and oxygen atoms in total. The highest BCUT2D eigenvalue weighted by atomic mass is 32.2. The SMILES string of the molecule is O=C(Oc1ccccc1)C(CCCS(=O)(=O)c1ccccc1)S(=O)(=O)c1ccccc1. The minimum atomic E-state index is -4.07. The van der Waals surface area contributed by atoms with Crippen molar-refractivity contribution in [2.24, 2.45) is 0 Å². The van der Waals surface area contributed by atoms with E-state index >= 15 is 0 Å². The molecule has 3 aromatic carbocycles. The van der Waals surface area contributed by atoms with Gasteiger partial charge < -0.3 is 4.74 Å². The zero-order chi connectivity index (χ0) is 22.3. The van der Waals surface area contributed by atoms with Crippen molar-refractivity contribution >= 4 is 25.6 Å². The third-order valence-electron chi connectivity index (χ3n) is 4.65. The second-order valence-electron chi connectivity index (χ2n) is 6.86. The zero-order valence-corrected chi connectivity index (χ0v) is 18.3. The Kier molecular flexibility index (Phi) is 7.25. The van der Waals surface area contributed by atoms with Crippen LogP contribution in [0.1, 0.15) is 12.8 Å². The molecule has 0 aliphatic heterocycles. The highest BCUT2D eigenvalue weighted by Gasteiger charge is 2.35. The van der Waals surface area contributed by atoms with Crippen LogP contribution in [0.4, 0.5) is 0 Å². The first-order chi connectivity index (χ1) is 14.8. The summed E-state index contributed by atoms with van der Waals surface area (Å²) < 4.78 is 56.6. The fourth-order valence-electron chi connectivity index (χ4n) is 3.05. The van der Waals surface area contributed by atoms with E-state index in [1.165, 1.54) is 24.3 Å². The van der Waals surface area contributed by atoms with Crippen molar-refractivity contribution < 1.29 is 26.4 Å². The molecular formula is C23H22O6S2. The van der Waals surface area contributed by atoms with Crippen molar-refractivity contribution in [1.29, 1.82) is 0 Å². The minimum Gasteiger partial charge on any atom is -0.426 e. The molecular weight excluding hydrogens is 436 g/mol. The van der Waals surface area contributed by atoms with E-state index in [9.17, 15) is 21.6 Å². The highest BCUT2D eigenvalue weighted by Crippen LogP contribution is 2.23. The molecule has 0 fully saturated rings. The third kappa shape index (κ3) is 5.80. The van der Waals surface area contributed by atoms with Gasteiger partial charge >= 0.3 is 5.97 Å². The van der Waals surface area contributed by atoms with Gasteiger partial charge in [-0.3, -0.25) is 4.79 Å². The van der Waals surface area contributed by atoms with Gasteiger partial charge in [0, 0.05) is 0 Å². The minimum absolute atomic E-state index is 0.0160. The predicted octanol–water partition coefficient (Wildman–Crippen LogP) is 3.69. The van der Waals surface area contributed by atoms with Gasteiger partial charge in [0.25, 0.3) is 0 Å². The number of esters is 1. The van der Waals surface area contributed by atoms with Gasteiger partial charge in [-0.2, -0.15) is 0 Å². The Morgan fingerprint density at radius 2 is 1.19 bits per heavy atom. The molecule has 0 aliphatic rings. The van der Waals surface area contributed by atoms with Crippen LogP contribution in [0.5, 0.6) is 5.75 Å². The quantitative estimate of drug-likeness (QED) is 0.359. The van der Waals surface area contributed by atoms with Crippen LogP contribution in [-0.2, 0) is 24.5 Å². The Morgan fingerprint density at radius 1 is 0.710 bits per heavy atom. The molecule has 0 amide bonds. The lowest BCUT2D eigenvalue weighted by Gasteiger charge is -2.17. The van der Waals surface area contributed by atoms with E-state index in [1.807, 2.05) is 0 Å². The Balaban J connectivity index is 1.81. The van der Waals surface area contributed by atoms with Gasteiger partial charge in [0.05, 0.1) is 15.5 Å². The fraction of sp³-hybridized carbons (Fsp3) is 0.174. The van der Waals surface area contributed by atoms with Gasteiger partial charge in [-0.15, -0.1) is 0 Å². The number of benzene rings is 3. The molecule has 31 heavy (non-hydrogen) atoms. The number of carbonyl (C=O) groups excluding carboxylic acids is 1. The Hall–Kier alpha value is -2.97. The van der Waals surface area contributed by atoms with E-state index in [1.54, 1.807) is 66.7 Å². The maximum atomic E-state index is 13.1. The second-order valence-corrected chi connectivity index (χ2v) is 11.1. The van der Waals surface area contributed by atoms with Crippen molar-refractivity contribution in [3.05, 3.63) is 91.0 Å². The molecule has 0 heterocycles. The molecule has 0 aliphatic carbocycles. The number of sulfone groups is 2. The number of rotatable bonds is 9. The van der Waals surface area contributed by atoms with Gasteiger partial charge in [0.2, 0.25) is 0 Å². The monoisotopic (exact) mass is 458 g/mol. The van der Waals surface area contributed by atoms with Crippen LogP contribution >= 0.6 is 0 Å². The van der Waals surface area contributed by atoms with E-state index < -0.39 is 30.9 Å². The topological polar surface area (TPSA) is 94.6 Å². The number of para-hydroxylation sites is 1. The lowest BCUT2D eigenvalue weighted by Crippen LogP contribution is -2.34. The highest BCUT2D eigenvalue weighted by molar-refractivity contribution is 7.93. The molecule has 0 spiro atoms. The first kappa shape index (κ1) is 22.7. The summed E-state index contributed by atoms with van der Waals surface area (Å²) in [5, 5.41) is -1.53. The predicted molar refractivity (Wildman–Crippen MR) is 117 cm³/mol. The van der Waals surface area contributed by atoms with E-state index in [2.05, 4.69) is 0 Å². The third-order valence-corrected chi connectivity index (χ3v) is 8.58. The molecule has 3 rings (SSSR count). The maximum absolute atomic E-state index is 13.1. The summed E-state index contributed by atoms with van der Waals surface area (Å²) in [7, 11) is -7.67. The second kappa shape index (κ2) is 9.89.